The second-order valence-corrected chi connectivity index (χ2v) is 9.99. The molecule has 208 valence electrons. The van der Waals surface area contributed by atoms with Gasteiger partial charge in [0.25, 0.3) is 0 Å². The molecule has 1 atom stereocenters. The van der Waals surface area contributed by atoms with Crippen molar-refractivity contribution in [2.45, 2.75) is 39.0 Å². The van der Waals surface area contributed by atoms with Crippen molar-refractivity contribution in [3.05, 3.63) is 107 Å². The van der Waals surface area contributed by atoms with Crippen LogP contribution in [0.15, 0.2) is 66.9 Å². The average Bonchev–Trinajstić information content (AvgIpc) is 3.28. The number of pyridine rings is 2. The van der Waals surface area contributed by atoms with Gasteiger partial charge in [0.2, 0.25) is 5.88 Å². The fourth-order valence-electron chi connectivity index (χ4n) is 4.75. The molecule has 3 aromatic heterocycles. The van der Waals surface area contributed by atoms with Crippen LogP contribution in [-0.2, 0) is 24.3 Å². The van der Waals surface area contributed by atoms with Crippen LogP contribution in [0.2, 0.25) is 0 Å². The second-order valence-electron chi connectivity index (χ2n) is 9.99. The number of carbonyl (C=O) groups is 1. The van der Waals surface area contributed by atoms with E-state index in [9.17, 15) is 9.90 Å². The lowest BCUT2D eigenvalue weighted by Crippen LogP contribution is -2.31. The molecular formula is C31H26F2N4O4. The fourth-order valence-corrected chi connectivity index (χ4v) is 4.75. The van der Waals surface area contributed by atoms with Gasteiger partial charge in [0.05, 0.1) is 34.9 Å². The molecule has 0 aliphatic carbocycles. The molecule has 0 unspecified atom stereocenters. The summed E-state index contributed by atoms with van der Waals surface area (Å²) in [6.07, 6.45) is 2.53. The summed E-state index contributed by atoms with van der Waals surface area (Å²) in [7, 11) is 0. The predicted octanol–water partition coefficient (Wildman–Crippen LogP) is 5.74. The summed E-state index contributed by atoms with van der Waals surface area (Å²) in [6, 6.07) is 15.6. The Kier molecular flexibility index (Phi) is 7.15. The van der Waals surface area contributed by atoms with Crippen molar-refractivity contribution in [3.63, 3.8) is 0 Å². The molecule has 0 amide bonds. The van der Waals surface area contributed by atoms with E-state index < -0.39 is 17.6 Å². The third-order valence-corrected chi connectivity index (χ3v) is 7.10. The second kappa shape index (κ2) is 11.1. The minimum absolute atomic E-state index is 0.00794. The van der Waals surface area contributed by atoms with Crippen molar-refractivity contribution in [2.24, 2.45) is 0 Å². The normalized spacial score (nSPS) is 14.7. The van der Waals surface area contributed by atoms with Gasteiger partial charge < -0.3 is 19.1 Å². The summed E-state index contributed by atoms with van der Waals surface area (Å²) in [5, 5.41) is 9.45. The van der Waals surface area contributed by atoms with Crippen LogP contribution >= 0.6 is 0 Å². The van der Waals surface area contributed by atoms with Gasteiger partial charge in [-0.05, 0) is 61.4 Å². The SMILES string of the molecule is Cc1ccc(COc2cccc(-c3cc(F)c(Cc4nc5ccc(C(=O)O)cc5n4C[C@@H]4CCO4)cc3F)n2)cn1. The molecule has 1 fully saturated rings. The third kappa shape index (κ3) is 5.64. The first-order valence-corrected chi connectivity index (χ1v) is 13.2. The Labute approximate surface area is 234 Å². The van der Waals surface area contributed by atoms with Gasteiger partial charge in [0, 0.05) is 42.1 Å². The maximum Gasteiger partial charge on any atom is 0.335 e. The first kappa shape index (κ1) is 26.5. The van der Waals surface area contributed by atoms with Gasteiger partial charge in [-0.15, -0.1) is 0 Å². The highest BCUT2D eigenvalue weighted by Crippen LogP contribution is 2.29. The number of aromatic carboxylic acids is 1. The lowest BCUT2D eigenvalue weighted by atomic mass is 10.0. The molecule has 5 aromatic rings. The van der Waals surface area contributed by atoms with Crippen LogP contribution in [-0.4, -0.2) is 43.3 Å². The van der Waals surface area contributed by atoms with Crippen molar-refractivity contribution < 1.29 is 28.2 Å². The van der Waals surface area contributed by atoms with Crippen LogP contribution < -0.4 is 4.74 Å². The molecule has 6 rings (SSSR count). The molecule has 10 heteroatoms. The molecule has 0 radical (unpaired) electrons. The highest BCUT2D eigenvalue weighted by Gasteiger charge is 2.23. The van der Waals surface area contributed by atoms with E-state index in [0.29, 0.717) is 30.0 Å². The number of carboxylic acids is 1. The minimum atomic E-state index is -1.06. The molecule has 1 aliphatic heterocycles. The lowest BCUT2D eigenvalue weighted by Gasteiger charge is -2.27. The van der Waals surface area contributed by atoms with Crippen LogP contribution in [0.1, 0.15) is 39.4 Å². The van der Waals surface area contributed by atoms with Crippen LogP contribution in [0.25, 0.3) is 22.3 Å². The first-order chi connectivity index (χ1) is 19.8. The average molecular weight is 557 g/mol. The van der Waals surface area contributed by atoms with E-state index in [0.717, 1.165) is 29.8 Å². The van der Waals surface area contributed by atoms with Gasteiger partial charge >= 0.3 is 5.97 Å². The van der Waals surface area contributed by atoms with E-state index in [-0.39, 0.29) is 47.4 Å². The van der Waals surface area contributed by atoms with Crippen molar-refractivity contribution >= 4 is 17.0 Å². The number of ether oxygens (including phenoxy) is 2. The zero-order valence-corrected chi connectivity index (χ0v) is 22.2. The molecule has 1 N–H and O–H groups in total. The maximum atomic E-state index is 15.4. The van der Waals surface area contributed by atoms with Crippen molar-refractivity contribution in [1.82, 2.24) is 19.5 Å². The van der Waals surface area contributed by atoms with Crippen molar-refractivity contribution in [3.8, 4) is 17.1 Å². The minimum Gasteiger partial charge on any atom is -0.478 e. The highest BCUT2D eigenvalue weighted by molar-refractivity contribution is 5.92. The van der Waals surface area contributed by atoms with Gasteiger partial charge in [0.1, 0.15) is 24.1 Å². The summed E-state index contributed by atoms with van der Waals surface area (Å²) in [5.41, 5.74) is 3.43. The summed E-state index contributed by atoms with van der Waals surface area (Å²) in [4.78, 5) is 24.8. The first-order valence-electron chi connectivity index (χ1n) is 13.2. The standard InChI is InChI=1S/C31H26F2N4O4/c1-18-5-6-19(15-34-18)17-41-30-4-2-3-26(36-30)23-14-24(32)21(11-25(23)33)13-29-35-27-8-7-20(31(38)39)12-28(27)37(29)16-22-9-10-40-22/h2-8,11-12,14-15,22H,9-10,13,16-17H2,1H3,(H,38,39)/t22-/m0/s1. The number of carboxylic acid groups (broad SMARTS) is 1. The molecular weight excluding hydrogens is 530 g/mol. The predicted molar refractivity (Wildman–Crippen MR) is 147 cm³/mol. The van der Waals surface area contributed by atoms with E-state index in [1.165, 1.54) is 6.07 Å². The molecule has 8 nitrogen and oxygen atoms in total. The van der Waals surface area contributed by atoms with Gasteiger partial charge in [-0.1, -0.05) is 12.1 Å². The van der Waals surface area contributed by atoms with Crippen LogP contribution in [0.4, 0.5) is 8.78 Å². The largest absolute Gasteiger partial charge is 0.478 e. The number of hydrogen-bond acceptors (Lipinski definition) is 6. The number of rotatable bonds is 9. The zero-order chi connectivity index (χ0) is 28.5. The molecule has 0 saturated carbocycles. The van der Waals surface area contributed by atoms with E-state index in [1.807, 2.05) is 23.6 Å². The Morgan fingerprint density at radius 1 is 1.10 bits per heavy atom. The maximum absolute atomic E-state index is 15.4. The zero-order valence-electron chi connectivity index (χ0n) is 22.2. The Bertz CT molecular complexity index is 1750. The Balaban J connectivity index is 1.27. The van der Waals surface area contributed by atoms with Gasteiger partial charge in [-0.2, -0.15) is 0 Å². The molecule has 0 bridgehead atoms. The quantitative estimate of drug-likeness (QED) is 0.247. The summed E-state index contributed by atoms with van der Waals surface area (Å²) < 4.78 is 44.0. The number of imidazole rings is 1. The van der Waals surface area contributed by atoms with Crippen LogP contribution in [0.5, 0.6) is 5.88 Å². The molecule has 41 heavy (non-hydrogen) atoms. The van der Waals surface area contributed by atoms with Crippen molar-refractivity contribution in [2.75, 3.05) is 6.61 Å². The summed E-state index contributed by atoms with van der Waals surface area (Å²) >= 11 is 0. The molecule has 1 saturated heterocycles. The number of hydrogen-bond donors (Lipinski definition) is 1. The van der Waals surface area contributed by atoms with E-state index in [1.54, 1.807) is 36.5 Å². The number of aromatic nitrogens is 4. The van der Waals surface area contributed by atoms with Crippen LogP contribution in [0, 0.1) is 18.6 Å². The third-order valence-electron chi connectivity index (χ3n) is 7.10. The van der Waals surface area contributed by atoms with E-state index >= 15 is 8.78 Å². The number of fused-ring (bicyclic) bond motifs is 1. The Morgan fingerprint density at radius 2 is 1.95 bits per heavy atom. The van der Waals surface area contributed by atoms with Gasteiger partial charge in [0.15, 0.2) is 0 Å². The topological polar surface area (TPSA) is 99.4 Å². The van der Waals surface area contributed by atoms with E-state index in [2.05, 4.69) is 15.0 Å². The monoisotopic (exact) mass is 556 g/mol. The molecule has 4 heterocycles. The molecule has 2 aromatic carbocycles. The van der Waals surface area contributed by atoms with Gasteiger partial charge in [-0.3, -0.25) is 4.98 Å². The van der Waals surface area contributed by atoms with Gasteiger partial charge in [-0.25, -0.2) is 23.5 Å². The highest BCUT2D eigenvalue weighted by atomic mass is 19.1. The number of benzene rings is 2. The Hall–Kier alpha value is -4.70. The van der Waals surface area contributed by atoms with Crippen molar-refractivity contribution in [1.29, 1.82) is 0 Å². The fraction of sp³-hybridized carbons (Fsp3) is 0.226. The number of halogens is 2. The number of aryl methyl sites for hydroxylation is 1. The van der Waals surface area contributed by atoms with E-state index in [4.69, 9.17) is 9.47 Å². The summed E-state index contributed by atoms with van der Waals surface area (Å²) in [6.45, 7) is 3.22. The summed E-state index contributed by atoms with van der Waals surface area (Å²) in [5.74, 6) is -1.53. The lowest BCUT2D eigenvalue weighted by molar-refractivity contribution is -0.0589. The molecule has 0 spiro atoms. The molecule has 1 aliphatic rings. The smallest absolute Gasteiger partial charge is 0.335 e. The Morgan fingerprint density at radius 3 is 2.68 bits per heavy atom. The van der Waals surface area contributed by atoms with Crippen LogP contribution in [0.3, 0.4) is 0 Å². The number of nitrogens with zero attached hydrogens (tertiary/aromatic N) is 4.